The van der Waals surface area contributed by atoms with Crippen LogP contribution in [0.4, 0.5) is 11.1 Å². The number of benzene rings is 4. The number of nitrogens with one attached hydrogen (secondary N) is 3. The van der Waals surface area contributed by atoms with Gasteiger partial charge < -0.3 is 10.3 Å². The summed E-state index contributed by atoms with van der Waals surface area (Å²) in [6.45, 7) is 1.98. The summed E-state index contributed by atoms with van der Waals surface area (Å²) in [7, 11) is 0. The molecule has 3 aliphatic carbocycles. The predicted molar refractivity (Wildman–Crippen MR) is 169 cm³/mol. The molecule has 0 fully saturated rings. The molecule has 0 saturated carbocycles. The van der Waals surface area contributed by atoms with Crippen LogP contribution < -0.4 is 10.6 Å². The second-order valence-electron chi connectivity index (χ2n) is 11.5. The van der Waals surface area contributed by atoms with Gasteiger partial charge in [-0.1, -0.05) is 91.0 Å². The summed E-state index contributed by atoms with van der Waals surface area (Å²) in [5.41, 5.74) is 3.67. The van der Waals surface area contributed by atoms with Gasteiger partial charge in [0.1, 0.15) is 5.41 Å². The van der Waals surface area contributed by atoms with E-state index in [0.29, 0.717) is 17.5 Å². The topological polar surface area (TPSA) is 99.8 Å². The van der Waals surface area contributed by atoms with Crippen molar-refractivity contribution in [1.82, 2.24) is 15.0 Å². The highest BCUT2D eigenvalue weighted by molar-refractivity contribution is 7.14. The van der Waals surface area contributed by atoms with Crippen molar-refractivity contribution in [2.75, 3.05) is 10.6 Å². The average molecular weight is 582 g/mol. The molecule has 2 aromatic heterocycles. The van der Waals surface area contributed by atoms with Crippen molar-refractivity contribution < 1.29 is 9.59 Å². The lowest BCUT2D eigenvalue weighted by atomic mass is 9.46. The van der Waals surface area contributed by atoms with E-state index in [1.165, 1.54) is 11.3 Å². The fraction of sp³-hybridized carbons (Fsp3) is 0.143. The largest absolute Gasteiger partial charge is 0.331 e. The lowest BCUT2D eigenvalue weighted by Crippen LogP contribution is -2.58. The third kappa shape index (κ3) is 3.73. The molecule has 43 heavy (non-hydrogen) atoms. The number of hydrogen-bond acceptors (Lipinski definition) is 5. The molecule has 0 radical (unpaired) electrons. The van der Waals surface area contributed by atoms with E-state index in [4.69, 9.17) is 4.98 Å². The lowest BCUT2D eigenvalue weighted by Gasteiger charge is -2.55. The molecule has 0 aliphatic heterocycles. The number of thiazole rings is 1. The van der Waals surface area contributed by atoms with Crippen molar-refractivity contribution in [3.05, 3.63) is 131 Å². The second kappa shape index (κ2) is 9.47. The minimum atomic E-state index is -1.09. The Morgan fingerprint density at radius 2 is 1.56 bits per heavy atom. The predicted octanol–water partition coefficient (Wildman–Crippen LogP) is 7.11. The number of aromatic amines is 1. The number of H-pyrrole nitrogens is 1. The third-order valence-electron chi connectivity index (χ3n) is 9.16. The Labute approximate surface area is 252 Å². The fourth-order valence-corrected chi connectivity index (χ4v) is 8.05. The molecule has 2 amide bonds. The molecular weight excluding hydrogens is 554 g/mol. The van der Waals surface area contributed by atoms with Crippen LogP contribution in [-0.2, 0) is 15.0 Å². The Bertz CT molecular complexity index is 2000. The van der Waals surface area contributed by atoms with Crippen LogP contribution in [0.2, 0.25) is 0 Å². The Kier molecular flexibility index (Phi) is 5.64. The van der Waals surface area contributed by atoms with Gasteiger partial charge in [-0.25, -0.2) is 9.97 Å². The first-order valence-corrected chi connectivity index (χ1v) is 15.1. The van der Waals surface area contributed by atoms with Gasteiger partial charge in [0.15, 0.2) is 5.13 Å². The molecule has 3 N–H and O–H groups in total. The van der Waals surface area contributed by atoms with E-state index in [0.717, 1.165) is 44.3 Å². The summed E-state index contributed by atoms with van der Waals surface area (Å²) in [6.07, 6.45) is 3.58. The van der Waals surface area contributed by atoms with Gasteiger partial charge in [-0.2, -0.15) is 0 Å². The molecular formula is C35H27N5O2S. The number of aromatic nitrogens is 3. The average Bonchev–Trinajstić information content (AvgIpc) is 3.73. The summed E-state index contributed by atoms with van der Waals surface area (Å²) < 4.78 is 0. The number of anilines is 2. The summed E-state index contributed by atoms with van der Waals surface area (Å²) in [4.78, 5) is 40.9. The van der Waals surface area contributed by atoms with E-state index in [9.17, 15) is 9.59 Å². The Morgan fingerprint density at radius 1 is 0.860 bits per heavy atom. The van der Waals surface area contributed by atoms with Gasteiger partial charge >= 0.3 is 0 Å². The molecule has 6 aromatic rings. The van der Waals surface area contributed by atoms with Crippen LogP contribution in [0.1, 0.15) is 41.5 Å². The Balaban J connectivity index is 1.20. The van der Waals surface area contributed by atoms with E-state index in [1.54, 1.807) is 12.4 Å². The van der Waals surface area contributed by atoms with Crippen LogP contribution in [0, 0.1) is 5.41 Å². The summed E-state index contributed by atoms with van der Waals surface area (Å²) in [6, 6.07) is 30.4. The van der Waals surface area contributed by atoms with Crippen LogP contribution >= 0.6 is 11.3 Å². The first kappa shape index (κ1) is 25.6. The number of amides is 2. The van der Waals surface area contributed by atoms with E-state index < -0.39 is 10.8 Å². The van der Waals surface area contributed by atoms with Gasteiger partial charge in [-0.3, -0.25) is 14.9 Å². The molecule has 210 valence electrons. The number of rotatable bonds is 5. The zero-order chi connectivity index (χ0) is 29.2. The quantitative estimate of drug-likeness (QED) is 0.202. The highest BCUT2D eigenvalue weighted by Crippen LogP contribution is 2.64. The van der Waals surface area contributed by atoms with Crippen molar-refractivity contribution in [3.8, 4) is 11.3 Å². The van der Waals surface area contributed by atoms with E-state index >= 15 is 0 Å². The number of carbonyl (C=O) groups is 2. The monoisotopic (exact) mass is 581 g/mol. The molecule has 9 rings (SSSR count). The number of imidazole rings is 1. The lowest BCUT2D eigenvalue weighted by molar-refractivity contribution is -0.130. The summed E-state index contributed by atoms with van der Waals surface area (Å²) in [5, 5.41) is 10.9. The van der Waals surface area contributed by atoms with Gasteiger partial charge in [0.05, 0.1) is 11.1 Å². The standard InChI is InChI=1S/C35H27N5O2S/c1-34(30(41)40-33-38-28(19-43-33)23-14-8-10-21-9-2-3-11-22(21)23)20-35(31(42)39-32-36-17-18-37-32)26-15-6-4-12-24(26)29(34)25-13-5-7-16-27(25)35/h2-19,29H,20H2,1H3,(H,38,40,41)(H2,36,37,39,42). The minimum absolute atomic E-state index is 0.157. The fourth-order valence-electron chi connectivity index (χ4n) is 7.34. The molecule has 8 heteroatoms. The van der Waals surface area contributed by atoms with E-state index in [-0.39, 0.29) is 17.7 Å². The zero-order valence-electron chi connectivity index (χ0n) is 23.3. The second-order valence-corrected chi connectivity index (χ2v) is 12.4. The molecule has 0 saturated heterocycles. The molecule has 2 bridgehead atoms. The van der Waals surface area contributed by atoms with Crippen LogP contribution in [0.25, 0.3) is 22.0 Å². The number of fused-ring (bicyclic) bond motifs is 2. The zero-order valence-corrected chi connectivity index (χ0v) is 24.1. The van der Waals surface area contributed by atoms with Crippen molar-refractivity contribution in [2.45, 2.75) is 24.7 Å². The van der Waals surface area contributed by atoms with Gasteiger partial charge in [-0.05, 0) is 46.4 Å². The van der Waals surface area contributed by atoms with Gasteiger partial charge in [0.25, 0.3) is 0 Å². The Morgan fingerprint density at radius 3 is 2.30 bits per heavy atom. The van der Waals surface area contributed by atoms with Crippen LogP contribution in [0.3, 0.4) is 0 Å². The van der Waals surface area contributed by atoms with Crippen LogP contribution in [0.15, 0.2) is 109 Å². The van der Waals surface area contributed by atoms with Crippen molar-refractivity contribution in [3.63, 3.8) is 0 Å². The Hall–Kier alpha value is -5.08. The summed E-state index contributed by atoms with van der Waals surface area (Å²) >= 11 is 1.41. The van der Waals surface area contributed by atoms with Gasteiger partial charge in [0.2, 0.25) is 17.8 Å². The van der Waals surface area contributed by atoms with E-state index in [1.807, 2.05) is 66.9 Å². The molecule has 1 atom stereocenters. The molecule has 4 aromatic carbocycles. The van der Waals surface area contributed by atoms with Crippen molar-refractivity contribution in [2.24, 2.45) is 5.41 Å². The normalized spacial score (nSPS) is 21.7. The minimum Gasteiger partial charge on any atom is -0.331 e. The summed E-state index contributed by atoms with van der Waals surface area (Å²) in [5.74, 6) is -0.227. The first-order chi connectivity index (χ1) is 21.0. The van der Waals surface area contributed by atoms with Gasteiger partial charge in [0, 0.05) is 29.3 Å². The highest BCUT2D eigenvalue weighted by Gasteiger charge is 2.63. The first-order valence-electron chi connectivity index (χ1n) is 14.2. The molecule has 2 heterocycles. The van der Waals surface area contributed by atoms with Crippen molar-refractivity contribution in [1.29, 1.82) is 0 Å². The number of hydrogen-bond donors (Lipinski definition) is 3. The van der Waals surface area contributed by atoms with Crippen molar-refractivity contribution >= 4 is 45.0 Å². The van der Waals surface area contributed by atoms with E-state index in [2.05, 4.69) is 57.0 Å². The maximum absolute atomic E-state index is 14.4. The smallest absolute Gasteiger partial charge is 0.241 e. The maximum Gasteiger partial charge on any atom is 0.241 e. The van der Waals surface area contributed by atoms with Gasteiger partial charge in [-0.15, -0.1) is 11.3 Å². The SMILES string of the molecule is CC1(C(=O)Nc2nc(-c3cccc4ccccc34)cs2)CC2(C(=O)Nc3ncc[nH]3)c3ccccc3C1c1ccccc12. The molecule has 0 spiro atoms. The number of carbonyl (C=O) groups excluding carboxylic acids is 2. The van der Waals surface area contributed by atoms with Crippen LogP contribution in [0.5, 0.6) is 0 Å². The molecule has 7 nitrogen and oxygen atoms in total. The highest BCUT2D eigenvalue weighted by atomic mass is 32.1. The number of nitrogens with zero attached hydrogens (tertiary/aromatic N) is 2. The molecule has 1 unspecified atom stereocenters. The maximum atomic E-state index is 14.4. The molecule has 3 aliphatic rings. The van der Waals surface area contributed by atoms with Crippen LogP contribution in [-0.4, -0.2) is 26.8 Å². The third-order valence-corrected chi connectivity index (χ3v) is 9.92.